The molecule has 1 saturated heterocycles. The van der Waals surface area contributed by atoms with E-state index in [-0.39, 0.29) is 40.6 Å². The van der Waals surface area contributed by atoms with Gasteiger partial charge in [-0.15, -0.1) is 0 Å². The number of piperazine rings is 1. The third-order valence-corrected chi connectivity index (χ3v) is 5.44. The molecule has 1 aliphatic heterocycles. The zero-order valence-corrected chi connectivity index (χ0v) is 17.6. The molecular formula is C21H20ClF2N5O3. The van der Waals surface area contributed by atoms with Crippen LogP contribution in [-0.4, -0.2) is 58.9 Å². The van der Waals surface area contributed by atoms with Gasteiger partial charge in [-0.2, -0.15) is 4.98 Å². The van der Waals surface area contributed by atoms with Gasteiger partial charge < -0.3 is 25.7 Å². The minimum Gasteiger partial charge on any atom is -0.507 e. The Bertz CT molecular complexity index is 1170. The van der Waals surface area contributed by atoms with Crippen LogP contribution >= 0.6 is 11.6 Å². The first-order valence-electron chi connectivity index (χ1n) is 9.95. The molecule has 0 bridgehead atoms. The van der Waals surface area contributed by atoms with Crippen LogP contribution in [0.15, 0.2) is 24.3 Å². The van der Waals surface area contributed by atoms with Gasteiger partial charge in [0, 0.05) is 43.7 Å². The molecule has 0 saturated carbocycles. The van der Waals surface area contributed by atoms with E-state index < -0.39 is 23.4 Å². The minimum atomic E-state index is -1.00. The standard InChI is InChI=1S/C21H20ClF2N5O3/c22-12-10-11-19(18(24)16(12)17-13(23)2-1-3-14(17)30)27-21(26-5-4-15(31)32)28-20(11)29-8-6-25-7-9-29/h1-3,10,25,30H,4-9H2,(H,31,32)(H,26,27,28). The molecule has 4 N–H and O–H groups in total. The van der Waals surface area contributed by atoms with E-state index in [0.29, 0.717) is 37.4 Å². The fraction of sp³-hybridized carbons (Fsp3) is 0.286. The number of fused-ring (bicyclic) bond motifs is 1. The first-order chi connectivity index (χ1) is 15.4. The maximum atomic E-state index is 15.7. The average molecular weight is 464 g/mol. The van der Waals surface area contributed by atoms with Gasteiger partial charge in [0.1, 0.15) is 22.9 Å². The Morgan fingerprint density at radius 2 is 1.97 bits per heavy atom. The number of nitrogens with one attached hydrogen (secondary N) is 2. The van der Waals surface area contributed by atoms with Crippen molar-refractivity contribution in [1.29, 1.82) is 0 Å². The molecule has 1 fully saturated rings. The third kappa shape index (κ3) is 4.23. The van der Waals surface area contributed by atoms with Crippen LogP contribution in [0.1, 0.15) is 6.42 Å². The van der Waals surface area contributed by atoms with E-state index in [2.05, 4.69) is 20.6 Å². The van der Waals surface area contributed by atoms with E-state index in [1.54, 1.807) is 0 Å². The van der Waals surface area contributed by atoms with Crippen molar-refractivity contribution in [2.24, 2.45) is 0 Å². The Kier molecular flexibility index (Phi) is 6.24. The zero-order valence-electron chi connectivity index (χ0n) is 16.8. The van der Waals surface area contributed by atoms with Crippen molar-refractivity contribution in [3.8, 4) is 16.9 Å². The summed E-state index contributed by atoms with van der Waals surface area (Å²) in [5.74, 6) is -2.73. The molecule has 168 valence electrons. The number of aromatic hydroxyl groups is 1. The van der Waals surface area contributed by atoms with Gasteiger partial charge in [0.2, 0.25) is 5.95 Å². The Labute approximate surface area is 186 Å². The van der Waals surface area contributed by atoms with Crippen molar-refractivity contribution in [1.82, 2.24) is 15.3 Å². The second kappa shape index (κ2) is 9.09. The lowest BCUT2D eigenvalue weighted by molar-refractivity contribution is -0.136. The molecule has 1 aromatic heterocycles. The number of hydrogen-bond donors (Lipinski definition) is 4. The highest BCUT2D eigenvalue weighted by Gasteiger charge is 2.25. The van der Waals surface area contributed by atoms with Crippen LogP contribution in [0.2, 0.25) is 5.02 Å². The summed E-state index contributed by atoms with van der Waals surface area (Å²) < 4.78 is 30.2. The van der Waals surface area contributed by atoms with Crippen LogP contribution in [0.3, 0.4) is 0 Å². The fourth-order valence-electron chi connectivity index (χ4n) is 3.65. The van der Waals surface area contributed by atoms with Crippen molar-refractivity contribution in [3.05, 3.63) is 40.9 Å². The first kappa shape index (κ1) is 22.0. The lowest BCUT2D eigenvalue weighted by Crippen LogP contribution is -2.44. The number of rotatable bonds is 6. The van der Waals surface area contributed by atoms with E-state index >= 15 is 4.39 Å². The summed E-state index contributed by atoms with van der Waals surface area (Å²) in [7, 11) is 0. The molecule has 0 radical (unpaired) electrons. The van der Waals surface area contributed by atoms with Gasteiger partial charge in [-0.3, -0.25) is 4.79 Å². The molecule has 2 aromatic carbocycles. The summed E-state index contributed by atoms with van der Waals surface area (Å²) in [6, 6.07) is 5.10. The third-order valence-electron chi connectivity index (χ3n) is 5.14. The van der Waals surface area contributed by atoms with E-state index in [4.69, 9.17) is 16.7 Å². The molecule has 2 heterocycles. The van der Waals surface area contributed by atoms with Gasteiger partial charge in [0.15, 0.2) is 5.82 Å². The van der Waals surface area contributed by atoms with E-state index in [1.165, 1.54) is 18.2 Å². The summed E-state index contributed by atoms with van der Waals surface area (Å²) in [5, 5.41) is 25.3. The molecule has 32 heavy (non-hydrogen) atoms. The maximum absolute atomic E-state index is 15.7. The predicted octanol–water partition coefficient (Wildman–Crippen LogP) is 3.23. The molecule has 1 aliphatic rings. The van der Waals surface area contributed by atoms with Gasteiger partial charge in [-0.1, -0.05) is 17.7 Å². The van der Waals surface area contributed by atoms with Crippen molar-refractivity contribution < 1.29 is 23.8 Å². The minimum absolute atomic E-state index is 0.0391. The van der Waals surface area contributed by atoms with E-state index in [1.807, 2.05) is 4.90 Å². The van der Waals surface area contributed by atoms with Gasteiger partial charge in [-0.25, -0.2) is 13.8 Å². The lowest BCUT2D eigenvalue weighted by atomic mass is 10.0. The smallest absolute Gasteiger partial charge is 0.305 e. The number of phenolic OH excluding ortho intramolecular Hbond substituents is 1. The average Bonchev–Trinajstić information content (AvgIpc) is 2.76. The van der Waals surface area contributed by atoms with Gasteiger partial charge in [0.25, 0.3) is 0 Å². The largest absolute Gasteiger partial charge is 0.507 e. The monoisotopic (exact) mass is 463 g/mol. The van der Waals surface area contributed by atoms with E-state index in [9.17, 15) is 14.3 Å². The predicted molar refractivity (Wildman–Crippen MR) is 117 cm³/mol. The molecule has 4 rings (SSSR count). The highest BCUT2D eigenvalue weighted by molar-refractivity contribution is 6.34. The topological polar surface area (TPSA) is 111 Å². The maximum Gasteiger partial charge on any atom is 0.305 e. The Balaban J connectivity index is 1.91. The van der Waals surface area contributed by atoms with Crippen LogP contribution in [0.4, 0.5) is 20.5 Å². The van der Waals surface area contributed by atoms with Crippen LogP contribution in [0.5, 0.6) is 5.75 Å². The molecule has 0 aliphatic carbocycles. The molecule has 0 spiro atoms. The van der Waals surface area contributed by atoms with Crippen LogP contribution in [0.25, 0.3) is 22.0 Å². The van der Waals surface area contributed by atoms with Crippen LogP contribution in [0, 0.1) is 11.6 Å². The molecule has 0 unspecified atom stereocenters. The fourth-order valence-corrected chi connectivity index (χ4v) is 3.93. The second-order valence-corrected chi connectivity index (χ2v) is 7.66. The number of hydrogen-bond acceptors (Lipinski definition) is 7. The number of aliphatic carboxylic acids is 1. The molecule has 11 heteroatoms. The summed E-state index contributed by atoms with van der Waals surface area (Å²) in [5.41, 5.74) is -0.788. The van der Waals surface area contributed by atoms with Gasteiger partial charge in [0.05, 0.1) is 17.0 Å². The molecule has 0 amide bonds. The van der Waals surface area contributed by atoms with Crippen LogP contribution < -0.4 is 15.5 Å². The van der Waals surface area contributed by atoms with Crippen LogP contribution in [-0.2, 0) is 4.79 Å². The van der Waals surface area contributed by atoms with Gasteiger partial charge >= 0.3 is 5.97 Å². The molecule has 3 aromatic rings. The molecule has 0 atom stereocenters. The summed E-state index contributed by atoms with van der Waals surface area (Å²) in [4.78, 5) is 21.5. The molecular weight excluding hydrogens is 444 g/mol. The Morgan fingerprint density at radius 1 is 1.22 bits per heavy atom. The van der Waals surface area contributed by atoms with Crippen molar-refractivity contribution >= 4 is 40.2 Å². The highest BCUT2D eigenvalue weighted by Crippen LogP contribution is 2.42. The summed E-state index contributed by atoms with van der Waals surface area (Å²) in [6.07, 6.45) is -0.179. The van der Waals surface area contributed by atoms with Crippen molar-refractivity contribution in [3.63, 3.8) is 0 Å². The second-order valence-electron chi connectivity index (χ2n) is 7.26. The highest BCUT2D eigenvalue weighted by atomic mass is 35.5. The number of aromatic nitrogens is 2. The van der Waals surface area contributed by atoms with Crippen molar-refractivity contribution in [2.45, 2.75) is 6.42 Å². The lowest BCUT2D eigenvalue weighted by Gasteiger charge is -2.29. The zero-order chi connectivity index (χ0) is 22.8. The normalized spacial score (nSPS) is 14.0. The quantitative estimate of drug-likeness (QED) is 0.441. The number of carboxylic acids is 1. The molecule has 8 nitrogen and oxygen atoms in total. The summed E-state index contributed by atoms with van der Waals surface area (Å²) >= 11 is 6.37. The Hall–Kier alpha value is -3.24. The number of benzene rings is 2. The SMILES string of the molecule is O=C(O)CCNc1nc(N2CCNCC2)c2cc(Cl)c(-c3c(O)cccc3F)c(F)c2n1. The Morgan fingerprint density at radius 3 is 2.66 bits per heavy atom. The number of carboxylic acid groups (broad SMARTS) is 1. The summed E-state index contributed by atoms with van der Waals surface area (Å²) in [6.45, 7) is 2.65. The van der Waals surface area contributed by atoms with Gasteiger partial charge in [-0.05, 0) is 18.2 Å². The van der Waals surface area contributed by atoms with Crippen molar-refractivity contribution in [2.75, 3.05) is 42.9 Å². The number of phenols is 1. The number of halogens is 3. The van der Waals surface area contributed by atoms with E-state index in [0.717, 1.165) is 6.07 Å². The number of carbonyl (C=O) groups is 1. The number of anilines is 2. The number of nitrogens with zero attached hydrogens (tertiary/aromatic N) is 3. The first-order valence-corrected chi connectivity index (χ1v) is 10.3.